The predicted octanol–water partition coefficient (Wildman–Crippen LogP) is 3.71. The van der Waals surface area contributed by atoms with Crippen molar-refractivity contribution < 1.29 is 13.9 Å². The summed E-state index contributed by atoms with van der Waals surface area (Å²) in [5.74, 6) is 0.775. The largest absolute Gasteiger partial charge is 0.467 e. The molecule has 1 amide bonds. The summed E-state index contributed by atoms with van der Waals surface area (Å²) in [6.45, 7) is 1.81. The Bertz CT molecular complexity index is 822. The Labute approximate surface area is 143 Å². The lowest BCUT2D eigenvalue weighted by molar-refractivity contribution is 0.0491. The summed E-state index contributed by atoms with van der Waals surface area (Å²) >= 11 is 1.54. The lowest BCUT2D eigenvalue weighted by Crippen LogP contribution is -2.36. The van der Waals surface area contributed by atoms with Gasteiger partial charge in [-0.25, -0.2) is 4.98 Å². The number of furan rings is 1. The second-order valence-corrected chi connectivity index (χ2v) is 6.82. The highest BCUT2D eigenvalue weighted by molar-refractivity contribution is 7.16. The highest BCUT2D eigenvalue weighted by Gasteiger charge is 2.24. The fraction of sp³-hybridized carbons (Fsp3) is 0.333. The number of carbonyl (C=O) groups excluding carboxylic acids is 1. The summed E-state index contributed by atoms with van der Waals surface area (Å²) in [5.41, 5.74) is 3.40. The van der Waals surface area contributed by atoms with Crippen LogP contribution < -0.4 is 0 Å². The first kappa shape index (κ1) is 15.4. The van der Waals surface area contributed by atoms with Crippen LogP contribution in [-0.2, 0) is 11.3 Å². The number of nitrogens with zero attached hydrogens (tertiary/aromatic N) is 2. The van der Waals surface area contributed by atoms with Gasteiger partial charge < -0.3 is 14.1 Å². The molecule has 0 aliphatic carbocycles. The molecule has 1 aliphatic rings. The minimum absolute atomic E-state index is 0.00259. The van der Waals surface area contributed by atoms with Crippen LogP contribution in [0.2, 0.25) is 0 Å². The van der Waals surface area contributed by atoms with E-state index >= 15 is 0 Å². The van der Waals surface area contributed by atoms with Crippen LogP contribution in [0.1, 0.15) is 29.0 Å². The van der Waals surface area contributed by atoms with Crippen LogP contribution in [0.5, 0.6) is 0 Å². The highest BCUT2D eigenvalue weighted by Crippen LogP contribution is 2.22. The molecular formula is C18H18N2O3S. The van der Waals surface area contributed by atoms with E-state index < -0.39 is 0 Å². The molecule has 0 N–H and O–H groups in total. The molecule has 1 atom stereocenters. The average molecular weight is 342 g/mol. The van der Waals surface area contributed by atoms with Crippen LogP contribution >= 0.6 is 11.3 Å². The topological polar surface area (TPSA) is 55.6 Å². The number of fused-ring (bicyclic) bond motifs is 1. The summed E-state index contributed by atoms with van der Waals surface area (Å²) in [6.07, 6.45) is 3.79. The van der Waals surface area contributed by atoms with Crippen LogP contribution in [0.15, 0.2) is 46.5 Å². The van der Waals surface area contributed by atoms with Crippen molar-refractivity contribution in [2.75, 3.05) is 13.2 Å². The fourth-order valence-electron chi connectivity index (χ4n) is 3.01. The number of thiazole rings is 1. The van der Waals surface area contributed by atoms with E-state index in [9.17, 15) is 4.79 Å². The molecule has 1 saturated heterocycles. The number of rotatable bonds is 5. The molecule has 4 rings (SSSR count). The van der Waals surface area contributed by atoms with Gasteiger partial charge >= 0.3 is 0 Å². The maximum atomic E-state index is 13.0. The van der Waals surface area contributed by atoms with Gasteiger partial charge in [-0.05, 0) is 43.2 Å². The smallest absolute Gasteiger partial charge is 0.254 e. The Morgan fingerprint density at radius 3 is 3.12 bits per heavy atom. The first-order chi connectivity index (χ1) is 11.8. The lowest BCUT2D eigenvalue weighted by atomic mass is 10.1. The van der Waals surface area contributed by atoms with Gasteiger partial charge in [-0.2, -0.15) is 0 Å². The van der Waals surface area contributed by atoms with Crippen molar-refractivity contribution >= 4 is 27.5 Å². The molecular weight excluding hydrogens is 324 g/mol. The molecule has 0 spiro atoms. The Morgan fingerprint density at radius 2 is 2.33 bits per heavy atom. The molecule has 0 bridgehead atoms. The third kappa shape index (κ3) is 3.20. The normalized spacial score (nSPS) is 17.4. The van der Waals surface area contributed by atoms with Gasteiger partial charge in [0.2, 0.25) is 0 Å². The van der Waals surface area contributed by atoms with Crippen molar-refractivity contribution in [1.82, 2.24) is 9.88 Å². The molecule has 0 saturated carbocycles. The van der Waals surface area contributed by atoms with Crippen molar-refractivity contribution in [2.45, 2.75) is 25.5 Å². The Morgan fingerprint density at radius 1 is 1.38 bits per heavy atom. The second kappa shape index (κ2) is 6.75. The van der Waals surface area contributed by atoms with E-state index in [-0.39, 0.29) is 12.0 Å². The minimum Gasteiger partial charge on any atom is -0.467 e. The molecule has 5 nitrogen and oxygen atoms in total. The van der Waals surface area contributed by atoms with Gasteiger partial charge in [0.15, 0.2) is 0 Å². The van der Waals surface area contributed by atoms with Crippen LogP contribution in [0, 0.1) is 0 Å². The summed E-state index contributed by atoms with van der Waals surface area (Å²) in [7, 11) is 0. The standard InChI is InChI=1S/C18H18N2O3S/c21-18(13-5-6-16-17(9-13)24-12-19-16)20(10-14-3-1-7-22-14)11-15-4-2-8-23-15/h1,3,5-7,9,12,15H,2,4,8,10-11H2. The van der Waals surface area contributed by atoms with Gasteiger partial charge in [0.25, 0.3) is 5.91 Å². The Kier molecular flexibility index (Phi) is 4.32. The maximum Gasteiger partial charge on any atom is 0.254 e. The number of aromatic nitrogens is 1. The van der Waals surface area contributed by atoms with E-state index in [0.717, 1.165) is 35.4 Å². The van der Waals surface area contributed by atoms with Crippen LogP contribution in [0.4, 0.5) is 0 Å². The van der Waals surface area contributed by atoms with Gasteiger partial charge in [0.1, 0.15) is 5.76 Å². The van der Waals surface area contributed by atoms with E-state index in [1.54, 1.807) is 23.1 Å². The second-order valence-electron chi connectivity index (χ2n) is 5.93. The van der Waals surface area contributed by atoms with Crippen molar-refractivity contribution in [1.29, 1.82) is 0 Å². The van der Waals surface area contributed by atoms with Crippen LogP contribution in [-0.4, -0.2) is 35.0 Å². The first-order valence-corrected chi connectivity index (χ1v) is 8.94. The monoisotopic (exact) mass is 342 g/mol. The highest BCUT2D eigenvalue weighted by atomic mass is 32.1. The summed E-state index contributed by atoms with van der Waals surface area (Å²) in [6, 6.07) is 9.39. The van der Waals surface area contributed by atoms with Crippen molar-refractivity contribution in [3.05, 3.63) is 53.4 Å². The fourth-order valence-corrected chi connectivity index (χ4v) is 3.73. The van der Waals surface area contributed by atoms with E-state index in [2.05, 4.69) is 4.98 Å². The maximum absolute atomic E-state index is 13.0. The van der Waals surface area contributed by atoms with Gasteiger partial charge in [0, 0.05) is 18.7 Å². The molecule has 3 aromatic rings. The van der Waals surface area contributed by atoms with Crippen LogP contribution in [0.3, 0.4) is 0 Å². The van der Waals surface area contributed by atoms with Crippen LogP contribution in [0.25, 0.3) is 10.2 Å². The van der Waals surface area contributed by atoms with Crippen molar-refractivity contribution in [2.24, 2.45) is 0 Å². The van der Waals surface area contributed by atoms with E-state index in [1.807, 2.05) is 35.2 Å². The van der Waals surface area contributed by atoms with E-state index in [0.29, 0.717) is 18.7 Å². The van der Waals surface area contributed by atoms with Gasteiger partial charge in [-0.1, -0.05) is 0 Å². The molecule has 24 heavy (non-hydrogen) atoms. The third-order valence-electron chi connectivity index (χ3n) is 4.24. The zero-order chi connectivity index (χ0) is 16.4. The van der Waals surface area contributed by atoms with E-state index in [1.165, 1.54) is 0 Å². The minimum atomic E-state index is -0.00259. The molecule has 1 aliphatic heterocycles. The van der Waals surface area contributed by atoms with Gasteiger partial charge in [-0.15, -0.1) is 11.3 Å². The molecule has 2 aromatic heterocycles. The summed E-state index contributed by atoms with van der Waals surface area (Å²) in [5, 5.41) is 0. The predicted molar refractivity (Wildman–Crippen MR) is 92.0 cm³/mol. The quantitative estimate of drug-likeness (QED) is 0.709. The number of hydrogen-bond donors (Lipinski definition) is 0. The number of benzene rings is 1. The average Bonchev–Trinajstić information content (AvgIpc) is 3.35. The SMILES string of the molecule is O=C(c1ccc2ncsc2c1)N(Cc1ccco1)CC1CCCO1. The molecule has 124 valence electrons. The summed E-state index contributed by atoms with van der Waals surface area (Å²) < 4.78 is 12.2. The first-order valence-electron chi connectivity index (χ1n) is 8.06. The van der Waals surface area contributed by atoms with E-state index in [4.69, 9.17) is 9.15 Å². The number of carbonyl (C=O) groups is 1. The zero-order valence-corrected chi connectivity index (χ0v) is 14.0. The van der Waals surface area contributed by atoms with Crippen molar-refractivity contribution in [3.8, 4) is 0 Å². The Balaban J connectivity index is 1.58. The molecule has 1 fully saturated rings. The zero-order valence-electron chi connectivity index (χ0n) is 13.2. The summed E-state index contributed by atoms with van der Waals surface area (Å²) in [4.78, 5) is 19.1. The van der Waals surface area contributed by atoms with Crippen molar-refractivity contribution in [3.63, 3.8) is 0 Å². The van der Waals surface area contributed by atoms with Gasteiger partial charge in [0.05, 0.1) is 34.6 Å². The molecule has 0 radical (unpaired) electrons. The molecule has 3 heterocycles. The molecule has 6 heteroatoms. The number of ether oxygens (including phenoxy) is 1. The number of amides is 1. The molecule has 1 unspecified atom stereocenters. The number of hydrogen-bond acceptors (Lipinski definition) is 5. The molecule has 1 aromatic carbocycles. The third-order valence-corrected chi connectivity index (χ3v) is 5.03. The Hall–Kier alpha value is -2.18. The lowest BCUT2D eigenvalue weighted by Gasteiger charge is -2.24. The van der Waals surface area contributed by atoms with Gasteiger partial charge in [-0.3, -0.25) is 4.79 Å².